The van der Waals surface area contributed by atoms with Crippen molar-refractivity contribution in [3.8, 4) is 17.1 Å². The molecular formula is C17H15Cl2N3O. The largest absolute Gasteiger partial charge is 0.482 e. The molecule has 6 heteroatoms. The summed E-state index contributed by atoms with van der Waals surface area (Å²) in [5.74, 6) is 2.00. The standard InChI is InChI=1S/C17H15Cl2N3O/c1-2-22-15(11-23-16-13(18)9-6-10-14(16)19)20-21-17(22)12-7-4-3-5-8-12/h3-10H,2,11H2,1H3. The van der Waals surface area contributed by atoms with Crippen molar-refractivity contribution in [1.29, 1.82) is 0 Å². The zero-order chi connectivity index (χ0) is 16.2. The summed E-state index contributed by atoms with van der Waals surface area (Å²) in [6.45, 7) is 3.03. The molecule has 0 bridgehead atoms. The van der Waals surface area contributed by atoms with Crippen molar-refractivity contribution < 1.29 is 4.74 Å². The molecule has 23 heavy (non-hydrogen) atoms. The van der Waals surface area contributed by atoms with Crippen LogP contribution < -0.4 is 4.74 Å². The highest BCUT2D eigenvalue weighted by Crippen LogP contribution is 2.33. The summed E-state index contributed by atoms with van der Waals surface area (Å²) < 4.78 is 7.77. The summed E-state index contributed by atoms with van der Waals surface area (Å²) in [6.07, 6.45) is 0. The molecule has 1 heterocycles. The fraction of sp³-hybridized carbons (Fsp3) is 0.176. The Bertz CT molecular complexity index is 783. The van der Waals surface area contributed by atoms with Crippen molar-refractivity contribution >= 4 is 23.2 Å². The first kappa shape index (κ1) is 15.8. The number of benzene rings is 2. The van der Waals surface area contributed by atoms with Gasteiger partial charge in [-0.1, -0.05) is 59.6 Å². The van der Waals surface area contributed by atoms with Crippen LogP contribution in [0.3, 0.4) is 0 Å². The van der Waals surface area contributed by atoms with Gasteiger partial charge in [0.25, 0.3) is 0 Å². The summed E-state index contributed by atoms with van der Waals surface area (Å²) in [6, 6.07) is 15.2. The van der Waals surface area contributed by atoms with Crippen LogP contribution in [0.2, 0.25) is 10.0 Å². The van der Waals surface area contributed by atoms with Gasteiger partial charge >= 0.3 is 0 Å². The smallest absolute Gasteiger partial charge is 0.171 e. The number of hydrogen-bond donors (Lipinski definition) is 0. The maximum atomic E-state index is 6.12. The molecule has 3 rings (SSSR count). The first-order chi connectivity index (χ1) is 11.2. The minimum atomic E-state index is 0.247. The molecule has 118 valence electrons. The molecule has 0 aliphatic rings. The number of para-hydroxylation sites is 1. The van der Waals surface area contributed by atoms with Crippen molar-refractivity contribution in [1.82, 2.24) is 14.8 Å². The van der Waals surface area contributed by atoms with Crippen LogP contribution in [0.4, 0.5) is 0 Å². The van der Waals surface area contributed by atoms with E-state index in [2.05, 4.69) is 10.2 Å². The van der Waals surface area contributed by atoms with Gasteiger partial charge in [0, 0.05) is 12.1 Å². The van der Waals surface area contributed by atoms with E-state index in [1.54, 1.807) is 18.2 Å². The predicted octanol–water partition coefficient (Wildman–Crippen LogP) is 4.85. The van der Waals surface area contributed by atoms with E-state index in [0.717, 1.165) is 23.8 Å². The highest BCUT2D eigenvalue weighted by atomic mass is 35.5. The second kappa shape index (κ2) is 7.02. The van der Waals surface area contributed by atoms with Crippen LogP contribution in [-0.2, 0) is 13.2 Å². The average molecular weight is 348 g/mol. The Morgan fingerprint density at radius 1 is 0.957 bits per heavy atom. The second-order valence-electron chi connectivity index (χ2n) is 4.89. The molecule has 0 aliphatic carbocycles. The minimum Gasteiger partial charge on any atom is -0.482 e. The van der Waals surface area contributed by atoms with Gasteiger partial charge in [-0.3, -0.25) is 0 Å². The molecular weight excluding hydrogens is 333 g/mol. The summed E-state index contributed by atoms with van der Waals surface area (Å²) in [7, 11) is 0. The van der Waals surface area contributed by atoms with Crippen molar-refractivity contribution in [3.63, 3.8) is 0 Å². The van der Waals surface area contributed by atoms with Crippen LogP contribution in [0.25, 0.3) is 11.4 Å². The fourth-order valence-corrected chi connectivity index (χ4v) is 2.84. The summed E-state index contributed by atoms with van der Waals surface area (Å²) in [5, 5.41) is 9.47. The highest BCUT2D eigenvalue weighted by Gasteiger charge is 2.14. The first-order valence-corrected chi connectivity index (χ1v) is 8.00. The van der Waals surface area contributed by atoms with Crippen molar-refractivity contribution in [2.24, 2.45) is 0 Å². The van der Waals surface area contributed by atoms with Crippen LogP contribution >= 0.6 is 23.2 Å². The van der Waals surface area contributed by atoms with Crippen LogP contribution in [0, 0.1) is 0 Å². The number of hydrogen-bond acceptors (Lipinski definition) is 3. The third-order valence-corrected chi connectivity index (χ3v) is 4.04. The van der Waals surface area contributed by atoms with E-state index >= 15 is 0 Å². The molecule has 0 aliphatic heterocycles. The van der Waals surface area contributed by atoms with Gasteiger partial charge in [-0.15, -0.1) is 10.2 Å². The lowest BCUT2D eigenvalue weighted by atomic mass is 10.2. The normalized spacial score (nSPS) is 10.7. The molecule has 0 unspecified atom stereocenters. The quantitative estimate of drug-likeness (QED) is 0.662. The second-order valence-corrected chi connectivity index (χ2v) is 5.70. The molecule has 0 saturated carbocycles. The Kier molecular flexibility index (Phi) is 4.84. The van der Waals surface area contributed by atoms with E-state index in [4.69, 9.17) is 27.9 Å². The average Bonchev–Trinajstić information content (AvgIpc) is 2.98. The van der Waals surface area contributed by atoms with Gasteiger partial charge in [0.15, 0.2) is 17.4 Å². The van der Waals surface area contributed by atoms with Crippen LogP contribution in [0.15, 0.2) is 48.5 Å². The van der Waals surface area contributed by atoms with Gasteiger partial charge < -0.3 is 9.30 Å². The lowest BCUT2D eigenvalue weighted by Gasteiger charge is -2.11. The van der Waals surface area contributed by atoms with Gasteiger partial charge in [0.05, 0.1) is 10.0 Å². The Hall–Kier alpha value is -2.04. The van der Waals surface area contributed by atoms with Crippen molar-refractivity contribution in [3.05, 3.63) is 64.4 Å². The number of rotatable bonds is 5. The topological polar surface area (TPSA) is 39.9 Å². The minimum absolute atomic E-state index is 0.247. The highest BCUT2D eigenvalue weighted by molar-refractivity contribution is 6.37. The zero-order valence-corrected chi connectivity index (χ0v) is 14.1. The van der Waals surface area contributed by atoms with Gasteiger partial charge in [-0.05, 0) is 19.1 Å². The SMILES string of the molecule is CCn1c(COc2c(Cl)cccc2Cl)nnc1-c1ccccc1. The summed E-state index contributed by atoms with van der Waals surface area (Å²) in [5.41, 5.74) is 1.02. The number of ether oxygens (including phenoxy) is 1. The molecule has 0 radical (unpaired) electrons. The number of aromatic nitrogens is 3. The molecule has 0 amide bonds. The molecule has 4 nitrogen and oxygen atoms in total. The van der Waals surface area contributed by atoms with Gasteiger partial charge in [0.2, 0.25) is 0 Å². The molecule has 0 fully saturated rings. The van der Waals surface area contributed by atoms with Crippen LogP contribution in [0.5, 0.6) is 5.75 Å². The third-order valence-electron chi connectivity index (χ3n) is 3.44. The van der Waals surface area contributed by atoms with E-state index < -0.39 is 0 Å². The zero-order valence-electron chi connectivity index (χ0n) is 12.5. The van der Waals surface area contributed by atoms with Crippen molar-refractivity contribution in [2.45, 2.75) is 20.1 Å². The van der Waals surface area contributed by atoms with Gasteiger partial charge in [-0.25, -0.2) is 0 Å². The summed E-state index contributed by atoms with van der Waals surface area (Å²) in [4.78, 5) is 0. The fourth-order valence-electron chi connectivity index (χ4n) is 2.33. The predicted molar refractivity (Wildman–Crippen MR) is 91.9 cm³/mol. The maximum Gasteiger partial charge on any atom is 0.171 e. The van der Waals surface area contributed by atoms with Crippen molar-refractivity contribution in [2.75, 3.05) is 0 Å². The monoisotopic (exact) mass is 347 g/mol. The Morgan fingerprint density at radius 3 is 2.30 bits per heavy atom. The molecule has 1 aromatic heterocycles. The van der Waals surface area contributed by atoms with Crippen LogP contribution in [-0.4, -0.2) is 14.8 Å². The van der Waals surface area contributed by atoms with E-state index in [-0.39, 0.29) is 6.61 Å². The van der Waals surface area contributed by atoms with Gasteiger partial charge in [0.1, 0.15) is 6.61 Å². The Labute approximate surface area is 144 Å². The molecule has 0 spiro atoms. The molecule has 3 aromatic rings. The Morgan fingerprint density at radius 2 is 1.65 bits per heavy atom. The summed E-state index contributed by atoms with van der Waals surface area (Å²) >= 11 is 12.2. The number of halogens is 2. The lowest BCUT2D eigenvalue weighted by Crippen LogP contribution is -2.07. The number of nitrogens with zero attached hydrogens (tertiary/aromatic N) is 3. The van der Waals surface area contributed by atoms with E-state index in [9.17, 15) is 0 Å². The third kappa shape index (κ3) is 3.33. The maximum absolute atomic E-state index is 6.12. The van der Waals surface area contributed by atoms with Crippen LogP contribution in [0.1, 0.15) is 12.7 Å². The molecule has 2 aromatic carbocycles. The van der Waals surface area contributed by atoms with E-state index in [1.807, 2.05) is 41.8 Å². The Balaban J connectivity index is 1.86. The molecule has 0 saturated heterocycles. The van der Waals surface area contributed by atoms with E-state index in [1.165, 1.54) is 0 Å². The first-order valence-electron chi connectivity index (χ1n) is 7.25. The van der Waals surface area contributed by atoms with E-state index in [0.29, 0.717) is 15.8 Å². The lowest BCUT2D eigenvalue weighted by molar-refractivity contribution is 0.290. The molecule has 0 N–H and O–H groups in total. The van der Waals surface area contributed by atoms with Gasteiger partial charge in [-0.2, -0.15) is 0 Å². The molecule has 0 atom stereocenters.